The first kappa shape index (κ1) is 25.1. The molecule has 0 saturated heterocycles. The SMILES string of the molecule is Cc1c(C(=O)C2=CCCC(C3=CCCCC3)CC2)c(-c2cncnc2)nn1-c1cccc(C(F)(F)F)c1. The lowest BCUT2D eigenvalue weighted by Gasteiger charge is -2.21. The molecule has 0 N–H and O–H groups in total. The van der Waals surface area contributed by atoms with Crippen LogP contribution in [0.2, 0.25) is 0 Å². The Balaban J connectivity index is 1.52. The molecule has 0 radical (unpaired) electrons. The van der Waals surface area contributed by atoms with E-state index in [2.05, 4.69) is 21.1 Å². The fourth-order valence-electron chi connectivity index (χ4n) is 5.47. The quantitative estimate of drug-likeness (QED) is 0.266. The largest absolute Gasteiger partial charge is 0.416 e. The third-order valence-corrected chi connectivity index (χ3v) is 7.41. The van der Waals surface area contributed by atoms with Gasteiger partial charge in [0.15, 0.2) is 5.78 Å². The summed E-state index contributed by atoms with van der Waals surface area (Å²) in [6.45, 7) is 1.72. The van der Waals surface area contributed by atoms with Crippen molar-refractivity contribution in [3.8, 4) is 16.9 Å². The Bertz CT molecular complexity index is 1360. The zero-order chi connectivity index (χ0) is 26.0. The maximum Gasteiger partial charge on any atom is 0.416 e. The molecule has 1 atom stereocenters. The molecular formula is C29H29F3N4O. The Labute approximate surface area is 214 Å². The van der Waals surface area contributed by atoms with Gasteiger partial charge in [0.25, 0.3) is 0 Å². The molecule has 2 aliphatic rings. The van der Waals surface area contributed by atoms with E-state index in [1.807, 2.05) is 6.08 Å². The molecule has 0 aliphatic heterocycles. The number of allylic oxidation sites excluding steroid dienone is 4. The maximum absolute atomic E-state index is 14.0. The lowest BCUT2D eigenvalue weighted by atomic mass is 9.84. The lowest BCUT2D eigenvalue weighted by Crippen LogP contribution is -2.10. The standard InChI is InChI=1S/C29H29F3N4O/c1-19-26(28(37)22-10-5-9-21(13-14-22)20-7-3-2-4-8-20)27(23-16-33-18-34-17-23)35-36(19)25-12-6-11-24(15-25)29(30,31)32/h6-7,10-12,15-18,21H,2-5,8-9,13-14H2,1H3. The summed E-state index contributed by atoms with van der Waals surface area (Å²) in [6, 6.07) is 4.98. The molecule has 5 nitrogen and oxygen atoms in total. The van der Waals surface area contributed by atoms with E-state index < -0.39 is 11.7 Å². The monoisotopic (exact) mass is 506 g/mol. The van der Waals surface area contributed by atoms with Crippen molar-refractivity contribution in [2.24, 2.45) is 5.92 Å². The predicted octanol–water partition coefficient (Wildman–Crippen LogP) is 7.46. The van der Waals surface area contributed by atoms with Gasteiger partial charge in [0, 0.05) is 18.0 Å². The maximum atomic E-state index is 14.0. The molecular weight excluding hydrogens is 477 g/mol. The highest BCUT2D eigenvalue weighted by Crippen LogP contribution is 2.37. The number of hydrogen-bond acceptors (Lipinski definition) is 4. The molecule has 0 amide bonds. The van der Waals surface area contributed by atoms with Crippen LogP contribution in [0.4, 0.5) is 13.2 Å². The van der Waals surface area contributed by atoms with Gasteiger partial charge in [-0.1, -0.05) is 23.8 Å². The highest BCUT2D eigenvalue weighted by atomic mass is 19.4. The molecule has 0 fully saturated rings. The van der Waals surface area contributed by atoms with Crippen LogP contribution in [0.25, 0.3) is 16.9 Å². The fourth-order valence-corrected chi connectivity index (χ4v) is 5.47. The van der Waals surface area contributed by atoms with Crippen LogP contribution in [0, 0.1) is 12.8 Å². The average Bonchev–Trinajstić information content (AvgIpc) is 3.08. The van der Waals surface area contributed by atoms with Crippen LogP contribution in [0.3, 0.4) is 0 Å². The molecule has 2 aliphatic carbocycles. The first-order chi connectivity index (χ1) is 17.8. The van der Waals surface area contributed by atoms with Crippen LogP contribution < -0.4 is 0 Å². The summed E-state index contributed by atoms with van der Waals surface area (Å²) in [7, 11) is 0. The van der Waals surface area contributed by atoms with E-state index in [1.165, 1.54) is 35.5 Å². The van der Waals surface area contributed by atoms with Gasteiger partial charge in [0.05, 0.1) is 22.5 Å². The van der Waals surface area contributed by atoms with E-state index in [1.54, 1.807) is 25.4 Å². The van der Waals surface area contributed by atoms with E-state index in [0.717, 1.165) is 49.8 Å². The normalized spacial score (nSPS) is 18.6. The zero-order valence-corrected chi connectivity index (χ0v) is 20.8. The number of ketones is 1. The molecule has 0 bridgehead atoms. The van der Waals surface area contributed by atoms with Crippen LogP contribution in [0.1, 0.15) is 73.0 Å². The van der Waals surface area contributed by atoms with Crippen LogP contribution in [0.15, 0.2) is 66.3 Å². The van der Waals surface area contributed by atoms with E-state index >= 15 is 0 Å². The van der Waals surface area contributed by atoms with Gasteiger partial charge in [-0.25, -0.2) is 14.6 Å². The van der Waals surface area contributed by atoms with Crippen molar-refractivity contribution in [3.05, 3.63) is 83.1 Å². The van der Waals surface area contributed by atoms with Gasteiger partial charge in [-0.2, -0.15) is 18.3 Å². The summed E-state index contributed by atoms with van der Waals surface area (Å²) in [4.78, 5) is 22.1. The number of alkyl halides is 3. The molecule has 0 spiro atoms. The van der Waals surface area contributed by atoms with Crippen molar-refractivity contribution in [3.63, 3.8) is 0 Å². The molecule has 2 heterocycles. The fraction of sp³-hybridized carbons (Fsp3) is 0.379. The average molecular weight is 507 g/mol. The second-order valence-electron chi connectivity index (χ2n) is 9.79. The minimum absolute atomic E-state index is 0.132. The Morgan fingerprint density at radius 1 is 1.03 bits per heavy atom. The van der Waals surface area contributed by atoms with Crippen LogP contribution in [0.5, 0.6) is 0 Å². The topological polar surface area (TPSA) is 60.7 Å². The van der Waals surface area contributed by atoms with Gasteiger partial charge in [-0.15, -0.1) is 0 Å². The second kappa shape index (κ2) is 10.4. The lowest BCUT2D eigenvalue weighted by molar-refractivity contribution is -0.137. The zero-order valence-electron chi connectivity index (χ0n) is 20.8. The van der Waals surface area contributed by atoms with Crippen molar-refractivity contribution in [2.75, 3.05) is 0 Å². The van der Waals surface area contributed by atoms with Crippen molar-refractivity contribution >= 4 is 5.78 Å². The predicted molar refractivity (Wildman–Crippen MR) is 135 cm³/mol. The van der Waals surface area contributed by atoms with E-state index in [4.69, 9.17) is 0 Å². The van der Waals surface area contributed by atoms with Gasteiger partial charge in [-0.05, 0) is 88.0 Å². The first-order valence-electron chi connectivity index (χ1n) is 12.8. The number of nitrogens with zero attached hydrogens (tertiary/aromatic N) is 4. The highest BCUT2D eigenvalue weighted by molar-refractivity contribution is 6.13. The number of carbonyl (C=O) groups is 1. The van der Waals surface area contributed by atoms with Crippen molar-refractivity contribution < 1.29 is 18.0 Å². The third kappa shape index (κ3) is 5.29. The van der Waals surface area contributed by atoms with E-state index in [9.17, 15) is 18.0 Å². The van der Waals surface area contributed by atoms with Crippen molar-refractivity contribution in [1.82, 2.24) is 19.7 Å². The van der Waals surface area contributed by atoms with Crippen LogP contribution >= 0.6 is 0 Å². The summed E-state index contributed by atoms with van der Waals surface area (Å²) < 4.78 is 41.6. The van der Waals surface area contributed by atoms with Crippen molar-refractivity contribution in [2.45, 2.75) is 64.5 Å². The number of aromatic nitrogens is 4. The summed E-state index contributed by atoms with van der Waals surface area (Å²) in [5.74, 6) is 0.366. The van der Waals surface area contributed by atoms with Crippen LogP contribution in [-0.4, -0.2) is 25.5 Å². The highest BCUT2D eigenvalue weighted by Gasteiger charge is 2.32. The summed E-state index contributed by atoms with van der Waals surface area (Å²) in [5.41, 5.74) is 3.52. The molecule has 3 aromatic rings. The smallest absolute Gasteiger partial charge is 0.289 e. The Hall–Kier alpha value is -3.55. The van der Waals surface area contributed by atoms with Gasteiger partial charge in [-0.3, -0.25) is 4.79 Å². The van der Waals surface area contributed by atoms with Gasteiger partial charge in [0.1, 0.15) is 12.0 Å². The summed E-state index contributed by atoms with van der Waals surface area (Å²) >= 11 is 0. The Kier molecular flexibility index (Phi) is 7.09. The minimum atomic E-state index is -4.48. The Morgan fingerprint density at radius 2 is 1.84 bits per heavy atom. The van der Waals surface area contributed by atoms with Gasteiger partial charge in [0.2, 0.25) is 0 Å². The van der Waals surface area contributed by atoms with Crippen molar-refractivity contribution in [1.29, 1.82) is 0 Å². The molecule has 37 heavy (non-hydrogen) atoms. The molecule has 1 unspecified atom stereocenters. The van der Waals surface area contributed by atoms with Crippen LogP contribution in [-0.2, 0) is 6.18 Å². The molecule has 0 saturated carbocycles. The van der Waals surface area contributed by atoms with E-state index in [-0.39, 0.29) is 11.5 Å². The van der Waals surface area contributed by atoms with Gasteiger partial charge < -0.3 is 0 Å². The molecule has 1 aromatic carbocycles. The summed E-state index contributed by atoms with van der Waals surface area (Å²) in [6.07, 6.45) is 12.7. The number of carbonyl (C=O) groups excluding carboxylic acids is 1. The molecule has 5 rings (SSSR count). The molecule has 192 valence electrons. The van der Waals surface area contributed by atoms with Gasteiger partial charge >= 0.3 is 6.18 Å². The first-order valence-corrected chi connectivity index (χ1v) is 12.8. The Morgan fingerprint density at radius 3 is 2.57 bits per heavy atom. The number of halogens is 3. The molecule has 8 heteroatoms. The minimum Gasteiger partial charge on any atom is -0.289 e. The second-order valence-corrected chi connectivity index (χ2v) is 9.79. The number of benzene rings is 1. The molecule has 2 aromatic heterocycles. The number of hydrogen-bond donors (Lipinski definition) is 0. The number of Topliss-reactive ketones (excluding diaryl/α,β-unsaturated/α-hetero) is 1. The summed E-state index contributed by atoms with van der Waals surface area (Å²) in [5, 5.41) is 4.61. The number of rotatable bonds is 5. The third-order valence-electron chi connectivity index (χ3n) is 7.41. The van der Waals surface area contributed by atoms with E-state index in [0.29, 0.717) is 34.9 Å².